The minimum atomic E-state index is -4.24. The van der Waals surface area contributed by atoms with Crippen LogP contribution in [0.3, 0.4) is 0 Å². The van der Waals surface area contributed by atoms with Gasteiger partial charge in [-0.25, -0.2) is 0 Å². The lowest BCUT2D eigenvalue weighted by atomic mass is 9.80. The smallest absolute Gasteiger partial charge is 0.316 e. The number of halogens is 3. The van der Waals surface area contributed by atoms with Crippen LogP contribution in [0.4, 0.5) is 13.2 Å². The lowest BCUT2D eigenvalue weighted by Gasteiger charge is -2.29. The van der Waals surface area contributed by atoms with Gasteiger partial charge in [-0.05, 0) is 48.9 Å². The first-order valence-electron chi connectivity index (χ1n) is 7.32. The van der Waals surface area contributed by atoms with Crippen molar-refractivity contribution in [3.8, 4) is 0 Å². The molecule has 1 saturated carbocycles. The van der Waals surface area contributed by atoms with E-state index in [2.05, 4.69) is 12.2 Å². The molecule has 112 valence electrons. The van der Waals surface area contributed by atoms with E-state index in [1.807, 2.05) is 0 Å². The Kier molecular flexibility index (Phi) is 4.74. The maximum Gasteiger partial charge on any atom is 0.416 e. The van der Waals surface area contributed by atoms with Gasteiger partial charge in [0, 0.05) is 6.54 Å². The number of hydrogen-bond donors (Lipinski definition) is 1. The van der Waals surface area contributed by atoms with E-state index in [9.17, 15) is 13.2 Å². The molecule has 0 aromatic heterocycles. The summed E-state index contributed by atoms with van der Waals surface area (Å²) in [4.78, 5) is 0. The zero-order valence-electron chi connectivity index (χ0n) is 11.9. The first-order chi connectivity index (χ1) is 9.45. The van der Waals surface area contributed by atoms with Crippen LogP contribution in [-0.4, -0.2) is 13.1 Å². The molecule has 4 heteroatoms. The van der Waals surface area contributed by atoms with Crippen LogP contribution in [0.15, 0.2) is 24.3 Å². The molecule has 0 radical (unpaired) electrons. The highest BCUT2D eigenvalue weighted by Gasteiger charge is 2.34. The van der Waals surface area contributed by atoms with Crippen LogP contribution in [0.5, 0.6) is 0 Å². The molecule has 0 heterocycles. The van der Waals surface area contributed by atoms with Crippen molar-refractivity contribution in [1.29, 1.82) is 0 Å². The summed E-state index contributed by atoms with van der Waals surface area (Å²) in [6, 6.07) is 5.67. The molecule has 0 aliphatic heterocycles. The maximum atomic E-state index is 12.6. The second-order valence-corrected chi connectivity index (χ2v) is 5.86. The fraction of sp³-hybridized carbons (Fsp3) is 0.625. The molecule has 0 unspecified atom stereocenters. The Morgan fingerprint density at radius 2 is 1.70 bits per heavy atom. The highest BCUT2D eigenvalue weighted by Crippen LogP contribution is 2.40. The van der Waals surface area contributed by atoms with Crippen LogP contribution in [0.1, 0.15) is 43.7 Å². The molecule has 1 N–H and O–H groups in total. The van der Waals surface area contributed by atoms with Crippen molar-refractivity contribution < 1.29 is 13.2 Å². The van der Waals surface area contributed by atoms with Gasteiger partial charge in [0.15, 0.2) is 0 Å². The molecule has 1 aromatic rings. The molecule has 1 aromatic carbocycles. The van der Waals surface area contributed by atoms with Gasteiger partial charge in [-0.1, -0.05) is 31.9 Å². The molecule has 2 rings (SSSR count). The molecular formula is C16H22F3N. The van der Waals surface area contributed by atoms with Gasteiger partial charge in [-0.2, -0.15) is 13.2 Å². The Bertz CT molecular complexity index is 416. The summed E-state index contributed by atoms with van der Waals surface area (Å²) in [5.41, 5.74) is 0.682. The summed E-state index contributed by atoms with van der Waals surface area (Å²) in [6.45, 7) is 3.99. The SMILES string of the molecule is CCNCC1(Cc2ccc(C(F)(F)F)cc2)CCCC1. The zero-order valence-corrected chi connectivity index (χ0v) is 11.9. The van der Waals surface area contributed by atoms with Crippen LogP contribution in [0, 0.1) is 5.41 Å². The fourth-order valence-corrected chi connectivity index (χ4v) is 3.18. The predicted molar refractivity (Wildman–Crippen MR) is 74.6 cm³/mol. The van der Waals surface area contributed by atoms with E-state index in [4.69, 9.17) is 0 Å². The van der Waals surface area contributed by atoms with Crippen molar-refractivity contribution in [2.75, 3.05) is 13.1 Å². The summed E-state index contributed by atoms with van der Waals surface area (Å²) in [5.74, 6) is 0. The molecular weight excluding hydrogens is 263 g/mol. The minimum Gasteiger partial charge on any atom is -0.316 e. The predicted octanol–water partition coefficient (Wildman–Crippen LogP) is 4.42. The van der Waals surface area contributed by atoms with Crippen molar-refractivity contribution in [2.24, 2.45) is 5.41 Å². The second kappa shape index (κ2) is 6.17. The van der Waals surface area contributed by atoms with Gasteiger partial charge in [0.25, 0.3) is 0 Å². The highest BCUT2D eigenvalue weighted by molar-refractivity contribution is 5.25. The van der Waals surface area contributed by atoms with Crippen LogP contribution >= 0.6 is 0 Å². The number of alkyl halides is 3. The Morgan fingerprint density at radius 1 is 1.10 bits per heavy atom. The molecule has 0 amide bonds. The molecule has 1 nitrogen and oxygen atoms in total. The Labute approximate surface area is 118 Å². The molecule has 1 aliphatic rings. The lowest BCUT2D eigenvalue weighted by molar-refractivity contribution is -0.137. The lowest BCUT2D eigenvalue weighted by Crippen LogP contribution is -2.33. The standard InChI is InChI=1S/C16H22F3N/c1-2-20-12-15(9-3-4-10-15)11-13-5-7-14(8-6-13)16(17,18)19/h5-8,20H,2-4,9-12H2,1H3. The third kappa shape index (κ3) is 3.75. The summed E-state index contributed by atoms with van der Waals surface area (Å²) in [5, 5.41) is 3.41. The van der Waals surface area contributed by atoms with Gasteiger partial charge in [-0.3, -0.25) is 0 Å². The van der Waals surface area contributed by atoms with Gasteiger partial charge >= 0.3 is 6.18 Å². The van der Waals surface area contributed by atoms with Crippen LogP contribution < -0.4 is 5.32 Å². The van der Waals surface area contributed by atoms with E-state index in [1.165, 1.54) is 37.8 Å². The van der Waals surface area contributed by atoms with E-state index in [0.29, 0.717) is 0 Å². The van der Waals surface area contributed by atoms with E-state index in [0.717, 1.165) is 25.1 Å². The van der Waals surface area contributed by atoms with Crippen LogP contribution in [0.25, 0.3) is 0 Å². The average molecular weight is 285 g/mol. The topological polar surface area (TPSA) is 12.0 Å². The van der Waals surface area contributed by atoms with Gasteiger partial charge < -0.3 is 5.32 Å². The normalized spacial score (nSPS) is 18.4. The van der Waals surface area contributed by atoms with E-state index in [-0.39, 0.29) is 5.41 Å². The van der Waals surface area contributed by atoms with Crippen molar-refractivity contribution in [3.05, 3.63) is 35.4 Å². The Balaban J connectivity index is 2.07. The summed E-state index contributed by atoms with van der Waals surface area (Å²) < 4.78 is 37.7. The van der Waals surface area contributed by atoms with Crippen LogP contribution in [0.2, 0.25) is 0 Å². The first-order valence-corrected chi connectivity index (χ1v) is 7.32. The average Bonchev–Trinajstić information content (AvgIpc) is 2.85. The molecule has 1 aliphatic carbocycles. The molecule has 0 saturated heterocycles. The van der Waals surface area contributed by atoms with E-state index >= 15 is 0 Å². The molecule has 20 heavy (non-hydrogen) atoms. The summed E-state index contributed by atoms with van der Waals surface area (Å²) >= 11 is 0. The molecule has 0 bridgehead atoms. The van der Waals surface area contributed by atoms with Gasteiger partial charge in [0.1, 0.15) is 0 Å². The number of benzene rings is 1. The van der Waals surface area contributed by atoms with Crippen molar-refractivity contribution in [2.45, 2.75) is 45.2 Å². The highest BCUT2D eigenvalue weighted by atomic mass is 19.4. The maximum absolute atomic E-state index is 12.6. The largest absolute Gasteiger partial charge is 0.416 e. The Hall–Kier alpha value is -1.03. The third-order valence-electron chi connectivity index (χ3n) is 4.27. The van der Waals surface area contributed by atoms with Crippen LogP contribution in [-0.2, 0) is 12.6 Å². The quantitative estimate of drug-likeness (QED) is 0.844. The van der Waals surface area contributed by atoms with E-state index < -0.39 is 11.7 Å². The number of hydrogen-bond acceptors (Lipinski definition) is 1. The number of nitrogens with one attached hydrogen (secondary N) is 1. The molecule has 0 spiro atoms. The fourth-order valence-electron chi connectivity index (χ4n) is 3.18. The van der Waals surface area contributed by atoms with Gasteiger partial charge in [0.2, 0.25) is 0 Å². The zero-order chi connectivity index (χ0) is 14.6. The molecule has 0 atom stereocenters. The third-order valence-corrected chi connectivity index (χ3v) is 4.27. The monoisotopic (exact) mass is 285 g/mol. The number of rotatable bonds is 5. The van der Waals surface area contributed by atoms with E-state index in [1.54, 1.807) is 12.1 Å². The summed E-state index contributed by atoms with van der Waals surface area (Å²) in [6.07, 6.45) is 1.42. The van der Waals surface area contributed by atoms with Crippen molar-refractivity contribution in [3.63, 3.8) is 0 Å². The Morgan fingerprint density at radius 3 is 2.20 bits per heavy atom. The second-order valence-electron chi connectivity index (χ2n) is 5.86. The van der Waals surface area contributed by atoms with Gasteiger partial charge in [0.05, 0.1) is 5.56 Å². The minimum absolute atomic E-state index is 0.232. The van der Waals surface area contributed by atoms with Crippen molar-refractivity contribution >= 4 is 0 Å². The first kappa shape index (κ1) is 15.4. The van der Waals surface area contributed by atoms with Gasteiger partial charge in [-0.15, -0.1) is 0 Å². The molecule has 1 fully saturated rings. The van der Waals surface area contributed by atoms with Crippen molar-refractivity contribution in [1.82, 2.24) is 5.32 Å². The summed E-state index contributed by atoms with van der Waals surface area (Å²) in [7, 11) is 0.